The number of nitro groups is 1. The standard InChI is InChI=1S/C11H12FN3O3/c1-2-8-7-14(3-4-18-8)9-5-11(12)13-6-10(9)15(16)17/h2,5-6,8H,1,3-4,7H2. The fourth-order valence-corrected chi connectivity index (χ4v) is 1.84. The minimum Gasteiger partial charge on any atom is -0.370 e. The summed E-state index contributed by atoms with van der Waals surface area (Å²) in [5.74, 6) is -0.739. The van der Waals surface area contributed by atoms with Gasteiger partial charge in [0.05, 0.1) is 17.6 Å². The Labute approximate surface area is 103 Å². The molecule has 0 aromatic carbocycles. The van der Waals surface area contributed by atoms with E-state index in [1.54, 1.807) is 11.0 Å². The molecule has 0 N–H and O–H groups in total. The monoisotopic (exact) mass is 253 g/mol. The van der Waals surface area contributed by atoms with Crippen molar-refractivity contribution in [2.24, 2.45) is 0 Å². The number of pyridine rings is 1. The van der Waals surface area contributed by atoms with Gasteiger partial charge in [-0.3, -0.25) is 10.1 Å². The van der Waals surface area contributed by atoms with Crippen molar-refractivity contribution in [3.8, 4) is 0 Å². The predicted molar refractivity (Wildman–Crippen MR) is 63.0 cm³/mol. The molecule has 1 atom stereocenters. The number of halogens is 1. The number of aromatic nitrogens is 1. The summed E-state index contributed by atoms with van der Waals surface area (Å²) in [6, 6.07) is 1.07. The van der Waals surface area contributed by atoms with E-state index >= 15 is 0 Å². The molecule has 1 aliphatic heterocycles. The third-order valence-corrected chi connectivity index (χ3v) is 2.72. The quantitative estimate of drug-likeness (QED) is 0.353. The summed E-state index contributed by atoms with van der Waals surface area (Å²) in [7, 11) is 0. The van der Waals surface area contributed by atoms with E-state index in [1.165, 1.54) is 0 Å². The Morgan fingerprint density at radius 1 is 1.72 bits per heavy atom. The first kappa shape index (κ1) is 12.4. The van der Waals surface area contributed by atoms with Crippen LogP contribution in [0.5, 0.6) is 0 Å². The molecular weight excluding hydrogens is 241 g/mol. The summed E-state index contributed by atoms with van der Waals surface area (Å²) in [4.78, 5) is 15.3. The number of ether oxygens (including phenoxy) is 1. The summed E-state index contributed by atoms with van der Waals surface area (Å²) >= 11 is 0. The van der Waals surface area contributed by atoms with Gasteiger partial charge in [0.25, 0.3) is 0 Å². The van der Waals surface area contributed by atoms with E-state index in [0.717, 1.165) is 12.3 Å². The van der Waals surface area contributed by atoms with Gasteiger partial charge in [0, 0.05) is 19.2 Å². The highest BCUT2D eigenvalue weighted by Crippen LogP contribution is 2.29. The maximum Gasteiger partial charge on any atom is 0.310 e. The Morgan fingerprint density at radius 3 is 3.17 bits per heavy atom. The maximum atomic E-state index is 13.1. The van der Waals surface area contributed by atoms with Gasteiger partial charge in [0.2, 0.25) is 5.95 Å². The zero-order chi connectivity index (χ0) is 13.1. The third-order valence-electron chi connectivity index (χ3n) is 2.72. The molecule has 18 heavy (non-hydrogen) atoms. The molecule has 0 spiro atoms. The second-order valence-corrected chi connectivity index (χ2v) is 3.84. The molecule has 0 radical (unpaired) electrons. The lowest BCUT2D eigenvalue weighted by atomic mass is 10.2. The van der Waals surface area contributed by atoms with Crippen LogP contribution in [0.15, 0.2) is 24.9 Å². The van der Waals surface area contributed by atoms with Crippen LogP contribution in [-0.2, 0) is 4.74 Å². The molecule has 96 valence electrons. The Balaban J connectivity index is 2.33. The van der Waals surface area contributed by atoms with Gasteiger partial charge in [-0.1, -0.05) is 6.08 Å². The van der Waals surface area contributed by atoms with Gasteiger partial charge >= 0.3 is 5.69 Å². The van der Waals surface area contributed by atoms with E-state index in [9.17, 15) is 14.5 Å². The molecule has 0 aliphatic carbocycles. The maximum absolute atomic E-state index is 13.1. The van der Waals surface area contributed by atoms with Crippen molar-refractivity contribution in [2.45, 2.75) is 6.10 Å². The Morgan fingerprint density at radius 2 is 2.50 bits per heavy atom. The van der Waals surface area contributed by atoms with E-state index < -0.39 is 10.9 Å². The number of morpholine rings is 1. The molecule has 1 aromatic rings. The van der Waals surface area contributed by atoms with Crippen LogP contribution < -0.4 is 4.90 Å². The average Bonchev–Trinajstić information content (AvgIpc) is 2.38. The summed E-state index contributed by atoms with van der Waals surface area (Å²) in [5, 5.41) is 10.9. The first-order chi connectivity index (χ1) is 8.61. The van der Waals surface area contributed by atoms with Crippen LogP contribution in [0.4, 0.5) is 15.8 Å². The van der Waals surface area contributed by atoms with Gasteiger partial charge in [0.1, 0.15) is 11.9 Å². The number of anilines is 1. The highest BCUT2D eigenvalue weighted by molar-refractivity contribution is 5.62. The van der Waals surface area contributed by atoms with Gasteiger partial charge in [-0.15, -0.1) is 6.58 Å². The fraction of sp³-hybridized carbons (Fsp3) is 0.364. The zero-order valence-electron chi connectivity index (χ0n) is 9.58. The second-order valence-electron chi connectivity index (χ2n) is 3.84. The molecule has 6 nitrogen and oxygen atoms in total. The van der Waals surface area contributed by atoms with Crippen molar-refractivity contribution >= 4 is 11.4 Å². The molecule has 0 saturated carbocycles. The topological polar surface area (TPSA) is 68.5 Å². The number of hydrogen-bond acceptors (Lipinski definition) is 5. The van der Waals surface area contributed by atoms with Crippen LogP contribution in [0.1, 0.15) is 0 Å². The molecule has 1 aliphatic rings. The van der Waals surface area contributed by atoms with E-state index in [1.807, 2.05) is 0 Å². The van der Waals surface area contributed by atoms with E-state index in [-0.39, 0.29) is 17.5 Å². The van der Waals surface area contributed by atoms with Gasteiger partial charge < -0.3 is 9.64 Å². The Bertz CT molecular complexity index is 481. The zero-order valence-corrected chi connectivity index (χ0v) is 9.58. The number of rotatable bonds is 3. The Kier molecular flexibility index (Phi) is 3.52. The van der Waals surface area contributed by atoms with Gasteiger partial charge in [0.15, 0.2) is 0 Å². The lowest BCUT2D eigenvalue weighted by molar-refractivity contribution is -0.384. The highest BCUT2D eigenvalue weighted by Gasteiger charge is 2.25. The van der Waals surface area contributed by atoms with Crippen molar-refractivity contribution in [1.29, 1.82) is 0 Å². The van der Waals surface area contributed by atoms with Gasteiger partial charge in [-0.05, 0) is 0 Å². The molecule has 1 saturated heterocycles. The summed E-state index contributed by atoms with van der Waals surface area (Å²) < 4.78 is 18.5. The second kappa shape index (κ2) is 5.09. The SMILES string of the molecule is C=CC1CN(c2cc(F)ncc2[N+](=O)[O-])CCO1. The summed E-state index contributed by atoms with van der Waals surface area (Å²) in [6.07, 6.45) is 2.34. The smallest absolute Gasteiger partial charge is 0.310 e. The van der Waals surface area contributed by atoms with Gasteiger partial charge in [-0.2, -0.15) is 4.39 Å². The van der Waals surface area contributed by atoms with Crippen LogP contribution in [0.3, 0.4) is 0 Å². The molecule has 2 rings (SSSR count). The molecule has 1 aromatic heterocycles. The number of nitrogens with zero attached hydrogens (tertiary/aromatic N) is 3. The van der Waals surface area contributed by atoms with Crippen molar-refractivity contribution in [1.82, 2.24) is 4.98 Å². The van der Waals surface area contributed by atoms with Crippen LogP contribution in [0, 0.1) is 16.1 Å². The molecule has 0 bridgehead atoms. The normalized spacial score (nSPS) is 19.6. The number of hydrogen-bond donors (Lipinski definition) is 0. The van der Waals surface area contributed by atoms with Crippen molar-refractivity contribution in [3.05, 3.63) is 41.0 Å². The summed E-state index contributed by atoms with van der Waals surface area (Å²) in [6.45, 7) is 4.91. The molecule has 1 fully saturated rings. The average molecular weight is 253 g/mol. The lowest BCUT2D eigenvalue weighted by Gasteiger charge is -2.32. The lowest BCUT2D eigenvalue weighted by Crippen LogP contribution is -2.41. The molecule has 2 heterocycles. The van der Waals surface area contributed by atoms with Crippen LogP contribution in [0.2, 0.25) is 0 Å². The Hall–Kier alpha value is -2.02. The molecule has 7 heteroatoms. The minimum atomic E-state index is -0.739. The largest absolute Gasteiger partial charge is 0.370 e. The van der Waals surface area contributed by atoms with Crippen molar-refractivity contribution < 1.29 is 14.1 Å². The van der Waals surface area contributed by atoms with Crippen LogP contribution in [-0.4, -0.2) is 35.7 Å². The molecular formula is C11H12FN3O3. The first-order valence-corrected chi connectivity index (χ1v) is 5.41. The predicted octanol–water partition coefficient (Wildman–Crippen LogP) is 1.52. The summed E-state index contributed by atoms with van der Waals surface area (Å²) in [5.41, 5.74) is 0.0174. The molecule has 1 unspecified atom stereocenters. The highest BCUT2D eigenvalue weighted by atomic mass is 19.1. The third kappa shape index (κ3) is 2.45. The van der Waals surface area contributed by atoms with Crippen LogP contribution in [0.25, 0.3) is 0 Å². The van der Waals surface area contributed by atoms with E-state index in [2.05, 4.69) is 11.6 Å². The minimum absolute atomic E-state index is 0.207. The fourth-order valence-electron chi connectivity index (χ4n) is 1.84. The molecule has 0 amide bonds. The van der Waals surface area contributed by atoms with E-state index in [0.29, 0.717) is 19.7 Å². The first-order valence-electron chi connectivity index (χ1n) is 5.41. The van der Waals surface area contributed by atoms with Crippen LogP contribution >= 0.6 is 0 Å². The van der Waals surface area contributed by atoms with Crippen molar-refractivity contribution in [3.63, 3.8) is 0 Å². The van der Waals surface area contributed by atoms with Crippen molar-refractivity contribution in [2.75, 3.05) is 24.6 Å². The van der Waals surface area contributed by atoms with E-state index in [4.69, 9.17) is 4.74 Å². The van der Waals surface area contributed by atoms with Gasteiger partial charge in [-0.25, -0.2) is 4.98 Å².